The van der Waals surface area contributed by atoms with Crippen LogP contribution in [-0.4, -0.2) is 32.2 Å². The number of aromatic nitrogens is 3. The van der Waals surface area contributed by atoms with Crippen LogP contribution in [0, 0.1) is 13.8 Å². The van der Waals surface area contributed by atoms with E-state index in [9.17, 15) is 4.79 Å². The molecule has 0 N–H and O–H groups in total. The molecule has 1 aromatic rings. The summed E-state index contributed by atoms with van der Waals surface area (Å²) in [6.07, 6.45) is 0.504. The molecule has 1 aromatic heterocycles. The number of carbonyl (C=O) groups excluding carboxylic acids is 1. The van der Waals surface area contributed by atoms with E-state index < -0.39 is 0 Å². The fourth-order valence-corrected chi connectivity index (χ4v) is 2.14. The van der Waals surface area contributed by atoms with Crippen LogP contribution >= 0.6 is 15.9 Å². The molecule has 1 aliphatic rings. The summed E-state index contributed by atoms with van der Waals surface area (Å²) in [6, 6.07) is 0. The fraction of sp³-hybridized carbons (Fsp3) is 0.556. The van der Waals surface area contributed by atoms with Gasteiger partial charge >= 0.3 is 0 Å². The van der Waals surface area contributed by atoms with Crippen molar-refractivity contribution in [3.8, 4) is 0 Å². The summed E-state index contributed by atoms with van der Waals surface area (Å²) in [6.45, 7) is 4.22. The Hall–Kier alpha value is -1.04. The number of hydrogen-bond acceptors (Lipinski definition) is 4. The number of amides is 1. The molecule has 6 heteroatoms. The lowest BCUT2D eigenvalue weighted by atomic mass is 10.4. The van der Waals surface area contributed by atoms with Gasteiger partial charge in [0.25, 0.3) is 0 Å². The molecule has 1 unspecified atom stereocenters. The van der Waals surface area contributed by atoms with Crippen LogP contribution in [0.1, 0.15) is 18.1 Å². The quantitative estimate of drug-likeness (QED) is 0.715. The molecule has 0 spiro atoms. The first kappa shape index (κ1) is 10.5. The molecule has 0 aromatic carbocycles. The Bertz CT molecular complexity index is 389. The molecule has 1 fully saturated rings. The highest BCUT2D eigenvalue weighted by atomic mass is 79.9. The SMILES string of the molecule is Cc1nc(C)nc(N2CC(Br)CC2=O)n1. The summed E-state index contributed by atoms with van der Waals surface area (Å²) in [5.41, 5.74) is 0. The molecular weight excluding hydrogens is 260 g/mol. The number of hydrogen-bond donors (Lipinski definition) is 0. The smallest absolute Gasteiger partial charge is 0.235 e. The second-order valence-corrected chi connectivity index (χ2v) is 4.83. The van der Waals surface area contributed by atoms with E-state index in [1.54, 1.807) is 18.7 Å². The van der Waals surface area contributed by atoms with Crippen molar-refractivity contribution in [1.82, 2.24) is 15.0 Å². The molecule has 5 nitrogen and oxygen atoms in total. The van der Waals surface area contributed by atoms with Gasteiger partial charge in [0.05, 0.1) is 0 Å². The number of halogens is 1. The second-order valence-electron chi connectivity index (χ2n) is 3.54. The minimum Gasteiger partial charge on any atom is -0.279 e. The average Bonchev–Trinajstić information content (AvgIpc) is 2.43. The third-order valence-corrected chi connectivity index (χ3v) is 2.78. The number of alkyl halides is 1. The zero-order chi connectivity index (χ0) is 11.0. The molecule has 1 saturated heterocycles. The van der Waals surface area contributed by atoms with E-state index in [0.717, 1.165) is 0 Å². The maximum absolute atomic E-state index is 11.6. The Morgan fingerprint density at radius 1 is 1.27 bits per heavy atom. The highest BCUT2D eigenvalue weighted by molar-refractivity contribution is 9.09. The summed E-state index contributed by atoms with van der Waals surface area (Å²) < 4.78 is 0. The normalized spacial score (nSPS) is 21.1. The third kappa shape index (κ3) is 2.14. The van der Waals surface area contributed by atoms with E-state index >= 15 is 0 Å². The second kappa shape index (κ2) is 3.84. The highest BCUT2D eigenvalue weighted by Gasteiger charge is 2.30. The molecule has 0 saturated carbocycles. The van der Waals surface area contributed by atoms with Gasteiger partial charge in [-0.2, -0.15) is 9.97 Å². The number of nitrogens with zero attached hydrogens (tertiary/aromatic N) is 4. The van der Waals surface area contributed by atoms with Crippen LogP contribution in [0.4, 0.5) is 5.95 Å². The summed E-state index contributed by atoms with van der Waals surface area (Å²) in [7, 11) is 0. The van der Waals surface area contributed by atoms with Crippen molar-refractivity contribution in [2.45, 2.75) is 25.1 Å². The van der Waals surface area contributed by atoms with Gasteiger partial charge in [-0.15, -0.1) is 0 Å². The fourth-order valence-electron chi connectivity index (χ4n) is 1.58. The Morgan fingerprint density at radius 2 is 1.87 bits per heavy atom. The minimum atomic E-state index is 0.0573. The molecule has 2 rings (SSSR count). The number of rotatable bonds is 1. The van der Waals surface area contributed by atoms with Crippen molar-refractivity contribution in [2.75, 3.05) is 11.4 Å². The van der Waals surface area contributed by atoms with E-state index in [1.807, 2.05) is 0 Å². The first-order chi connectivity index (χ1) is 7.06. The van der Waals surface area contributed by atoms with E-state index in [4.69, 9.17) is 0 Å². The molecule has 0 bridgehead atoms. The topological polar surface area (TPSA) is 59.0 Å². The van der Waals surface area contributed by atoms with Crippen LogP contribution < -0.4 is 4.90 Å². The van der Waals surface area contributed by atoms with Gasteiger partial charge in [0, 0.05) is 17.8 Å². The molecule has 0 radical (unpaired) electrons. The largest absolute Gasteiger partial charge is 0.279 e. The zero-order valence-corrected chi connectivity index (χ0v) is 10.2. The predicted molar refractivity (Wildman–Crippen MR) is 59.0 cm³/mol. The minimum absolute atomic E-state index is 0.0573. The molecule has 15 heavy (non-hydrogen) atoms. The molecule has 0 aliphatic carbocycles. The number of aryl methyl sites for hydroxylation is 2. The third-order valence-electron chi connectivity index (χ3n) is 2.17. The van der Waals surface area contributed by atoms with Crippen LogP contribution in [0.3, 0.4) is 0 Å². The highest BCUT2D eigenvalue weighted by Crippen LogP contribution is 2.22. The van der Waals surface area contributed by atoms with Gasteiger partial charge in [0.2, 0.25) is 11.9 Å². The predicted octanol–water partition coefficient (Wildman–Crippen LogP) is 0.989. The Balaban J connectivity index is 2.33. The monoisotopic (exact) mass is 270 g/mol. The first-order valence-electron chi connectivity index (χ1n) is 4.70. The Labute approximate surface area is 96.1 Å². The standard InChI is InChI=1S/C9H11BrN4O/c1-5-11-6(2)13-9(12-5)14-4-7(10)3-8(14)15/h7H,3-4H2,1-2H3. The Morgan fingerprint density at radius 3 is 2.33 bits per heavy atom. The molecule has 1 aliphatic heterocycles. The van der Waals surface area contributed by atoms with Crippen molar-refractivity contribution >= 4 is 27.8 Å². The van der Waals surface area contributed by atoms with Crippen LogP contribution in [0.5, 0.6) is 0 Å². The van der Waals surface area contributed by atoms with Crippen molar-refractivity contribution in [1.29, 1.82) is 0 Å². The average molecular weight is 271 g/mol. The van der Waals surface area contributed by atoms with Gasteiger partial charge in [-0.3, -0.25) is 9.69 Å². The van der Waals surface area contributed by atoms with E-state index in [1.165, 1.54) is 0 Å². The summed E-state index contributed by atoms with van der Waals surface area (Å²) in [5.74, 6) is 1.81. The van der Waals surface area contributed by atoms with E-state index in [-0.39, 0.29) is 10.7 Å². The van der Waals surface area contributed by atoms with Crippen LogP contribution in [0.25, 0.3) is 0 Å². The van der Waals surface area contributed by atoms with E-state index in [0.29, 0.717) is 30.6 Å². The molecular formula is C9H11BrN4O. The summed E-state index contributed by atoms with van der Waals surface area (Å²) in [5, 5.41) is 0. The van der Waals surface area contributed by atoms with Gasteiger partial charge in [-0.25, -0.2) is 4.98 Å². The lowest BCUT2D eigenvalue weighted by Gasteiger charge is -2.13. The zero-order valence-electron chi connectivity index (χ0n) is 8.57. The van der Waals surface area contributed by atoms with Gasteiger partial charge in [-0.05, 0) is 13.8 Å². The Kier molecular flexibility index (Phi) is 2.68. The molecule has 80 valence electrons. The van der Waals surface area contributed by atoms with Gasteiger partial charge in [0.1, 0.15) is 11.6 Å². The molecule has 1 atom stereocenters. The first-order valence-corrected chi connectivity index (χ1v) is 5.61. The van der Waals surface area contributed by atoms with Crippen molar-refractivity contribution in [3.63, 3.8) is 0 Å². The van der Waals surface area contributed by atoms with Crippen LogP contribution in [0.15, 0.2) is 0 Å². The summed E-state index contributed by atoms with van der Waals surface area (Å²) >= 11 is 3.42. The number of anilines is 1. The summed E-state index contributed by atoms with van der Waals surface area (Å²) in [4.78, 5) is 25.8. The maximum Gasteiger partial charge on any atom is 0.235 e. The van der Waals surface area contributed by atoms with Crippen LogP contribution in [0.2, 0.25) is 0 Å². The van der Waals surface area contributed by atoms with Crippen LogP contribution in [-0.2, 0) is 4.79 Å². The van der Waals surface area contributed by atoms with Crippen molar-refractivity contribution in [2.24, 2.45) is 0 Å². The van der Waals surface area contributed by atoms with Gasteiger partial charge in [-0.1, -0.05) is 15.9 Å². The maximum atomic E-state index is 11.6. The molecule has 1 amide bonds. The van der Waals surface area contributed by atoms with Gasteiger partial charge < -0.3 is 0 Å². The van der Waals surface area contributed by atoms with Gasteiger partial charge in [0.15, 0.2) is 0 Å². The van der Waals surface area contributed by atoms with Crippen molar-refractivity contribution < 1.29 is 4.79 Å². The lowest BCUT2D eigenvalue weighted by Crippen LogP contribution is -2.27. The van der Waals surface area contributed by atoms with E-state index in [2.05, 4.69) is 30.9 Å². The van der Waals surface area contributed by atoms with Crippen molar-refractivity contribution in [3.05, 3.63) is 11.6 Å². The number of carbonyl (C=O) groups is 1. The lowest BCUT2D eigenvalue weighted by molar-refractivity contribution is -0.117. The molecule has 2 heterocycles.